The van der Waals surface area contributed by atoms with Crippen LogP contribution in [0.2, 0.25) is 5.02 Å². The Morgan fingerprint density at radius 3 is 2.64 bits per heavy atom. The molecule has 1 aromatic carbocycles. The van der Waals surface area contributed by atoms with Crippen LogP contribution in [0.1, 0.15) is 5.56 Å². The molecule has 0 aliphatic rings. The van der Waals surface area contributed by atoms with Gasteiger partial charge in [-0.25, -0.2) is 8.78 Å². The summed E-state index contributed by atoms with van der Waals surface area (Å²) in [5.41, 5.74) is -0.224. The van der Waals surface area contributed by atoms with E-state index in [9.17, 15) is 8.78 Å². The molecule has 0 atom stereocenters. The molecule has 0 radical (unpaired) electrons. The average Bonchev–Trinajstić information content (AvgIpc) is 2.18. The molecule has 1 N–H and O–H groups in total. The van der Waals surface area contributed by atoms with E-state index in [1.54, 1.807) is 0 Å². The molecular weight excluding hydrogens is 214 g/mol. The van der Waals surface area contributed by atoms with Gasteiger partial charge in [-0.1, -0.05) is 11.6 Å². The number of ether oxygens (including phenoxy) is 1. The minimum atomic E-state index is -0.877. The van der Waals surface area contributed by atoms with Crippen LogP contribution in [0.4, 0.5) is 8.78 Å². The van der Waals surface area contributed by atoms with Crippen molar-refractivity contribution in [1.29, 1.82) is 0 Å². The summed E-state index contributed by atoms with van der Waals surface area (Å²) in [5, 5.41) is 8.31. The number of halogens is 3. The predicted molar refractivity (Wildman–Crippen MR) is 48.7 cm³/mol. The fourth-order valence-corrected chi connectivity index (χ4v) is 1.35. The molecule has 0 bridgehead atoms. The third-order valence-corrected chi connectivity index (χ3v) is 2.15. The zero-order valence-corrected chi connectivity index (χ0v) is 8.24. The molecule has 0 heterocycles. The summed E-state index contributed by atoms with van der Waals surface area (Å²) in [6.45, 7) is -0.337. The van der Waals surface area contributed by atoms with Gasteiger partial charge in [0.05, 0.1) is 7.11 Å². The van der Waals surface area contributed by atoms with Gasteiger partial charge < -0.3 is 9.84 Å². The largest absolute Gasteiger partial charge is 0.495 e. The molecule has 0 aromatic heterocycles. The highest BCUT2D eigenvalue weighted by Crippen LogP contribution is 2.31. The third kappa shape index (κ3) is 1.96. The fourth-order valence-electron chi connectivity index (χ4n) is 1.10. The van der Waals surface area contributed by atoms with E-state index in [1.165, 1.54) is 7.11 Å². The Morgan fingerprint density at radius 2 is 2.14 bits per heavy atom. The molecule has 1 rings (SSSR count). The van der Waals surface area contributed by atoms with Gasteiger partial charge in [0.1, 0.15) is 16.6 Å². The molecule has 5 heteroatoms. The van der Waals surface area contributed by atoms with Gasteiger partial charge in [-0.05, 0) is 0 Å². The van der Waals surface area contributed by atoms with Crippen LogP contribution in [-0.4, -0.2) is 18.8 Å². The zero-order chi connectivity index (χ0) is 10.7. The Kier molecular flexibility index (Phi) is 3.66. The zero-order valence-electron chi connectivity index (χ0n) is 7.48. The van der Waals surface area contributed by atoms with Crippen LogP contribution in [0.5, 0.6) is 5.75 Å². The van der Waals surface area contributed by atoms with Crippen molar-refractivity contribution in [2.24, 2.45) is 0 Å². The third-order valence-electron chi connectivity index (χ3n) is 1.80. The van der Waals surface area contributed by atoms with Crippen molar-refractivity contribution >= 4 is 11.6 Å². The first-order valence-corrected chi connectivity index (χ1v) is 4.30. The molecule has 14 heavy (non-hydrogen) atoms. The molecule has 0 saturated heterocycles. The Balaban J connectivity index is 3.26. The van der Waals surface area contributed by atoms with Crippen molar-refractivity contribution in [3.05, 3.63) is 28.3 Å². The van der Waals surface area contributed by atoms with Gasteiger partial charge in [-0.2, -0.15) is 0 Å². The second-order valence-electron chi connectivity index (χ2n) is 2.64. The van der Waals surface area contributed by atoms with Gasteiger partial charge >= 0.3 is 0 Å². The average molecular weight is 223 g/mol. The Labute approximate surface area is 85.1 Å². The van der Waals surface area contributed by atoms with Gasteiger partial charge in [0.2, 0.25) is 0 Å². The normalized spacial score (nSPS) is 10.4. The van der Waals surface area contributed by atoms with Crippen LogP contribution in [-0.2, 0) is 6.42 Å². The fraction of sp³-hybridized carbons (Fsp3) is 0.333. The van der Waals surface area contributed by atoms with Crippen molar-refractivity contribution in [2.45, 2.75) is 6.42 Å². The van der Waals surface area contributed by atoms with E-state index in [0.29, 0.717) is 0 Å². The predicted octanol–water partition coefficient (Wildman–Crippen LogP) is 2.16. The highest BCUT2D eigenvalue weighted by molar-refractivity contribution is 6.32. The SMILES string of the molecule is COc1cc(F)c(CCO)c(F)c1Cl. The lowest BCUT2D eigenvalue weighted by molar-refractivity contribution is 0.295. The number of aliphatic hydroxyl groups excluding tert-OH is 1. The quantitative estimate of drug-likeness (QED) is 0.795. The number of hydrogen-bond acceptors (Lipinski definition) is 2. The van der Waals surface area contributed by atoms with E-state index >= 15 is 0 Å². The maximum atomic E-state index is 13.3. The standard InChI is InChI=1S/C9H9ClF2O2/c1-14-7-4-6(11)5(2-3-13)9(12)8(7)10/h4,13H,2-3H2,1H3. The summed E-state index contributed by atoms with van der Waals surface area (Å²) in [6.07, 6.45) is -0.110. The van der Waals surface area contributed by atoms with E-state index in [-0.39, 0.29) is 29.4 Å². The lowest BCUT2D eigenvalue weighted by Gasteiger charge is -2.08. The maximum Gasteiger partial charge on any atom is 0.151 e. The maximum absolute atomic E-state index is 13.3. The van der Waals surface area contributed by atoms with Crippen LogP contribution >= 0.6 is 11.6 Å². The van der Waals surface area contributed by atoms with Gasteiger partial charge in [-0.15, -0.1) is 0 Å². The van der Waals surface area contributed by atoms with E-state index in [2.05, 4.69) is 4.74 Å². The summed E-state index contributed by atoms with van der Waals surface area (Å²) in [4.78, 5) is 0. The van der Waals surface area contributed by atoms with Crippen molar-refractivity contribution in [1.82, 2.24) is 0 Å². The molecule has 2 nitrogen and oxygen atoms in total. The smallest absolute Gasteiger partial charge is 0.151 e. The molecule has 0 amide bonds. The number of hydrogen-bond donors (Lipinski definition) is 1. The Bertz CT molecular complexity index is 342. The summed E-state index contributed by atoms with van der Waals surface area (Å²) in [5.74, 6) is -1.70. The molecule has 0 aliphatic heterocycles. The molecule has 0 saturated carbocycles. The topological polar surface area (TPSA) is 29.5 Å². The summed E-state index contributed by atoms with van der Waals surface area (Å²) in [7, 11) is 1.27. The monoisotopic (exact) mass is 222 g/mol. The highest BCUT2D eigenvalue weighted by atomic mass is 35.5. The van der Waals surface area contributed by atoms with Gasteiger partial charge in [0, 0.05) is 24.7 Å². The Hall–Kier alpha value is -0.870. The van der Waals surface area contributed by atoms with Crippen LogP contribution in [0.25, 0.3) is 0 Å². The molecule has 78 valence electrons. The molecule has 0 spiro atoms. The van der Waals surface area contributed by atoms with E-state index in [1.807, 2.05) is 0 Å². The number of rotatable bonds is 3. The number of benzene rings is 1. The first-order chi connectivity index (χ1) is 6.61. The second-order valence-corrected chi connectivity index (χ2v) is 3.02. The lowest BCUT2D eigenvalue weighted by Crippen LogP contribution is -2.01. The lowest BCUT2D eigenvalue weighted by atomic mass is 10.1. The first-order valence-electron chi connectivity index (χ1n) is 3.93. The minimum absolute atomic E-state index is 0.0524. The van der Waals surface area contributed by atoms with Crippen LogP contribution in [0.15, 0.2) is 6.07 Å². The Morgan fingerprint density at radius 1 is 1.50 bits per heavy atom. The van der Waals surface area contributed by atoms with Crippen molar-refractivity contribution in [3.8, 4) is 5.75 Å². The summed E-state index contributed by atoms with van der Waals surface area (Å²) in [6, 6.07) is 0.996. The van der Waals surface area contributed by atoms with Gasteiger partial charge in [0.25, 0.3) is 0 Å². The molecule has 0 unspecified atom stereocenters. The van der Waals surface area contributed by atoms with Crippen molar-refractivity contribution in [3.63, 3.8) is 0 Å². The number of aliphatic hydroxyl groups is 1. The van der Waals surface area contributed by atoms with E-state index < -0.39 is 11.6 Å². The van der Waals surface area contributed by atoms with Crippen LogP contribution in [0.3, 0.4) is 0 Å². The van der Waals surface area contributed by atoms with E-state index in [0.717, 1.165) is 6.07 Å². The van der Waals surface area contributed by atoms with Gasteiger partial charge in [-0.3, -0.25) is 0 Å². The second kappa shape index (κ2) is 4.57. The first kappa shape index (κ1) is 11.2. The van der Waals surface area contributed by atoms with E-state index in [4.69, 9.17) is 16.7 Å². The van der Waals surface area contributed by atoms with Gasteiger partial charge in [0.15, 0.2) is 5.82 Å². The summed E-state index contributed by atoms with van der Waals surface area (Å²) >= 11 is 5.56. The molecular formula is C9H9ClF2O2. The molecule has 1 aromatic rings. The van der Waals surface area contributed by atoms with Crippen molar-refractivity contribution in [2.75, 3.05) is 13.7 Å². The van der Waals surface area contributed by atoms with Crippen LogP contribution < -0.4 is 4.74 Å². The van der Waals surface area contributed by atoms with Crippen molar-refractivity contribution < 1.29 is 18.6 Å². The molecule has 0 aliphatic carbocycles. The minimum Gasteiger partial charge on any atom is -0.495 e. The number of methoxy groups -OCH3 is 1. The molecule has 0 fully saturated rings. The summed E-state index contributed by atoms with van der Waals surface area (Å²) < 4.78 is 31.2. The van der Waals surface area contributed by atoms with Crippen LogP contribution in [0, 0.1) is 11.6 Å². The highest BCUT2D eigenvalue weighted by Gasteiger charge is 2.17.